The van der Waals surface area contributed by atoms with Gasteiger partial charge in [0.2, 0.25) is 0 Å². The highest BCUT2D eigenvalue weighted by Gasteiger charge is 2.18. The summed E-state index contributed by atoms with van der Waals surface area (Å²) in [6.07, 6.45) is 2.70. The molecule has 1 aliphatic heterocycles. The Morgan fingerprint density at radius 3 is 2.58 bits per heavy atom. The van der Waals surface area contributed by atoms with E-state index in [1.165, 1.54) is 12.0 Å². The van der Waals surface area contributed by atoms with Gasteiger partial charge in [-0.3, -0.25) is 4.90 Å². The monoisotopic (exact) mass is 263 g/mol. The fourth-order valence-corrected chi connectivity index (χ4v) is 2.44. The quantitative estimate of drug-likeness (QED) is 0.728. The van der Waals surface area contributed by atoms with Crippen molar-refractivity contribution in [2.45, 2.75) is 32.4 Å². The predicted octanol–water partition coefficient (Wildman–Crippen LogP) is 0.367. The highest BCUT2D eigenvalue weighted by molar-refractivity contribution is 6.58. The third-order valence-corrected chi connectivity index (χ3v) is 3.62. The Balaban J connectivity index is 1.89. The molecule has 0 bridgehead atoms. The van der Waals surface area contributed by atoms with Gasteiger partial charge in [0.1, 0.15) is 0 Å². The Hall–Kier alpha value is -0.875. The normalized spacial score (nSPS) is 19.1. The molecule has 0 amide bonds. The number of likely N-dealkylation sites (N-methyl/N-ethyl adjacent to an activating group) is 1. The van der Waals surface area contributed by atoms with Crippen molar-refractivity contribution in [3.63, 3.8) is 0 Å². The van der Waals surface area contributed by atoms with E-state index in [1.807, 2.05) is 12.1 Å². The van der Waals surface area contributed by atoms with E-state index in [4.69, 9.17) is 14.8 Å². The van der Waals surface area contributed by atoms with E-state index >= 15 is 0 Å². The smallest absolute Gasteiger partial charge is 0.423 e. The molecule has 2 rings (SSSR count). The standard InChI is InChI=1S/C14H22BNO3/c1-2-16(11-14-4-3-9-19-14)10-12-5-7-13(8-6-12)15(17)18/h5-8,14,17-18H,2-4,9-11H2,1H3. The first kappa shape index (κ1) is 14.5. The van der Waals surface area contributed by atoms with Crippen LogP contribution in [0.5, 0.6) is 0 Å². The topological polar surface area (TPSA) is 52.9 Å². The van der Waals surface area contributed by atoms with Crippen LogP contribution in [-0.2, 0) is 11.3 Å². The minimum absolute atomic E-state index is 0.374. The molecular weight excluding hydrogens is 241 g/mol. The van der Waals surface area contributed by atoms with Gasteiger partial charge in [-0.05, 0) is 30.4 Å². The van der Waals surface area contributed by atoms with Gasteiger partial charge in [-0.2, -0.15) is 0 Å². The minimum Gasteiger partial charge on any atom is -0.423 e. The minimum atomic E-state index is -1.39. The molecule has 1 aromatic rings. The Morgan fingerprint density at radius 2 is 2.05 bits per heavy atom. The van der Waals surface area contributed by atoms with E-state index in [-0.39, 0.29) is 0 Å². The van der Waals surface area contributed by atoms with Crippen LogP contribution in [0.4, 0.5) is 0 Å². The summed E-state index contributed by atoms with van der Waals surface area (Å²) in [6.45, 7) is 5.88. The van der Waals surface area contributed by atoms with E-state index in [2.05, 4.69) is 11.8 Å². The third kappa shape index (κ3) is 4.32. The molecule has 0 radical (unpaired) electrons. The number of hydrogen-bond acceptors (Lipinski definition) is 4. The molecule has 1 heterocycles. The highest BCUT2D eigenvalue weighted by Crippen LogP contribution is 2.14. The van der Waals surface area contributed by atoms with Crippen molar-refractivity contribution >= 4 is 12.6 Å². The number of ether oxygens (including phenoxy) is 1. The van der Waals surface area contributed by atoms with E-state index in [0.717, 1.165) is 32.7 Å². The Bertz CT molecular complexity index is 377. The molecule has 0 spiro atoms. The van der Waals surface area contributed by atoms with E-state index in [0.29, 0.717) is 11.6 Å². The zero-order valence-electron chi connectivity index (χ0n) is 11.5. The second kappa shape index (κ2) is 7.05. The maximum atomic E-state index is 9.06. The fourth-order valence-electron chi connectivity index (χ4n) is 2.44. The molecular formula is C14H22BNO3. The lowest BCUT2D eigenvalue weighted by Gasteiger charge is -2.23. The van der Waals surface area contributed by atoms with Crippen LogP contribution in [0, 0.1) is 0 Å². The second-order valence-electron chi connectivity index (χ2n) is 5.08. The summed E-state index contributed by atoms with van der Waals surface area (Å²) < 4.78 is 5.67. The van der Waals surface area contributed by atoms with E-state index in [1.54, 1.807) is 12.1 Å². The molecule has 1 saturated heterocycles. The molecule has 1 aliphatic rings. The summed E-state index contributed by atoms with van der Waals surface area (Å²) in [5.74, 6) is 0. The van der Waals surface area contributed by atoms with Gasteiger partial charge in [0.05, 0.1) is 6.10 Å². The van der Waals surface area contributed by atoms with Crippen LogP contribution >= 0.6 is 0 Å². The van der Waals surface area contributed by atoms with Gasteiger partial charge in [0, 0.05) is 19.7 Å². The molecule has 1 unspecified atom stereocenters. The van der Waals surface area contributed by atoms with Crippen molar-refractivity contribution in [2.24, 2.45) is 0 Å². The zero-order chi connectivity index (χ0) is 13.7. The van der Waals surface area contributed by atoms with Crippen LogP contribution in [0.15, 0.2) is 24.3 Å². The maximum Gasteiger partial charge on any atom is 0.488 e. The van der Waals surface area contributed by atoms with E-state index < -0.39 is 7.12 Å². The molecule has 0 aliphatic carbocycles. The first-order chi connectivity index (χ1) is 9.19. The van der Waals surface area contributed by atoms with Crippen molar-refractivity contribution < 1.29 is 14.8 Å². The van der Waals surface area contributed by atoms with Crippen molar-refractivity contribution in [3.8, 4) is 0 Å². The molecule has 0 saturated carbocycles. The summed E-state index contributed by atoms with van der Waals surface area (Å²) >= 11 is 0. The molecule has 4 nitrogen and oxygen atoms in total. The first-order valence-electron chi connectivity index (χ1n) is 6.98. The number of nitrogens with zero attached hydrogens (tertiary/aromatic N) is 1. The van der Waals surface area contributed by atoms with Gasteiger partial charge < -0.3 is 14.8 Å². The molecule has 0 aromatic heterocycles. The molecule has 19 heavy (non-hydrogen) atoms. The fraction of sp³-hybridized carbons (Fsp3) is 0.571. The average molecular weight is 263 g/mol. The Labute approximate surface area is 115 Å². The van der Waals surface area contributed by atoms with E-state index in [9.17, 15) is 0 Å². The molecule has 1 fully saturated rings. The van der Waals surface area contributed by atoms with Crippen molar-refractivity contribution in [1.29, 1.82) is 0 Å². The maximum absolute atomic E-state index is 9.06. The molecule has 1 atom stereocenters. The van der Waals surface area contributed by atoms with Gasteiger partial charge in [-0.25, -0.2) is 0 Å². The zero-order valence-corrected chi connectivity index (χ0v) is 11.5. The molecule has 2 N–H and O–H groups in total. The average Bonchev–Trinajstić information content (AvgIpc) is 2.91. The summed E-state index contributed by atoms with van der Waals surface area (Å²) in [7, 11) is -1.39. The lowest BCUT2D eigenvalue weighted by molar-refractivity contribution is 0.0725. The number of rotatable bonds is 6. The van der Waals surface area contributed by atoms with Gasteiger partial charge in [-0.15, -0.1) is 0 Å². The molecule has 1 aromatic carbocycles. The third-order valence-electron chi connectivity index (χ3n) is 3.62. The van der Waals surface area contributed by atoms with Crippen molar-refractivity contribution in [3.05, 3.63) is 29.8 Å². The Morgan fingerprint density at radius 1 is 1.32 bits per heavy atom. The second-order valence-corrected chi connectivity index (χ2v) is 5.08. The van der Waals surface area contributed by atoms with Gasteiger partial charge in [0.15, 0.2) is 0 Å². The van der Waals surface area contributed by atoms with Crippen LogP contribution in [0.3, 0.4) is 0 Å². The van der Waals surface area contributed by atoms with Crippen molar-refractivity contribution in [2.75, 3.05) is 19.7 Å². The summed E-state index contributed by atoms with van der Waals surface area (Å²) in [5, 5.41) is 18.1. The van der Waals surface area contributed by atoms with Crippen LogP contribution in [-0.4, -0.2) is 47.9 Å². The largest absolute Gasteiger partial charge is 0.488 e. The number of hydrogen-bond donors (Lipinski definition) is 2. The van der Waals surface area contributed by atoms with Gasteiger partial charge in [0.25, 0.3) is 0 Å². The predicted molar refractivity (Wildman–Crippen MR) is 76.2 cm³/mol. The first-order valence-corrected chi connectivity index (χ1v) is 6.98. The molecule has 5 heteroatoms. The molecule has 104 valence electrons. The van der Waals surface area contributed by atoms with Crippen LogP contribution < -0.4 is 5.46 Å². The highest BCUT2D eigenvalue weighted by atomic mass is 16.5. The lowest BCUT2D eigenvalue weighted by atomic mass is 9.80. The number of benzene rings is 1. The Kier molecular flexibility index (Phi) is 5.40. The van der Waals surface area contributed by atoms with Crippen LogP contribution in [0.1, 0.15) is 25.3 Å². The SMILES string of the molecule is CCN(Cc1ccc(B(O)O)cc1)CC1CCCO1. The summed E-state index contributed by atoms with van der Waals surface area (Å²) in [6, 6.07) is 7.43. The van der Waals surface area contributed by atoms with Gasteiger partial charge in [-0.1, -0.05) is 31.2 Å². The summed E-state index contributed by atoms with van der Waals surface area (Å²) in [4.78, 5) is 2.36. The van der Waals surface area contributed by atoms with Gasteiger partial charge >= 0.3 is 7.12 Å². The summed E-state index contributed by atoms with van der Waals surface area (Å²) in [5.41, 5.74) is 1.72. The van der Waals surface area contributed by atoms with Crippen LogP contribution in [0.25, 0.3) is 0 Å². The van der Waals surface area contributed by atoms with Crippen molar-refractivity contribution in [1.82, 2.24) is 4.90 Å². The van der Waals surface area contributed by atoms with Crippen LogP contribution in [0.2, 0.25) is 0 Å². The lowest BCUT2D eigenvalue weighted by Crippen LogP contribution is -2.32.